The van der Waals surface area contributed by atoms with Crippen molar-refractivity contribution in [3.8, 4) is 17.2 Å². The van der Waals surface area contributed by atoms with E-state index in [-0.39, 0.29) is 17.7 Å². The highest BCUT2D eigenvalue weighted by Gasteiger charge is 2.36. The molecular weight excluding hydrogens is 500 g/mol. The van der Waals surface area contributed by atoms with Crippen LogP contribution in [0.2, 0.25) is 0 Å². The summed E-state index contributed by atoms with van der Waals surface area (Å²) in [5, 5.41) is 7.27. The molecule has 2 N–H and O–H groups in total. The molecule has 6 heteroatoms. The molecule has 0 bridgehead atoms. The minimum absolute atomic E-state index is 0.0798. The Morgan fingerprint density at radius 1 is 0.750 bits per heavy atom. The van der Waals surface area contributed by atoms with Gasteiger partial charge in [-0.15, -0.1) is 0 Å². The van der Waals surface area contributed by atoms with Crippen LogP contribution in [-0.2, 0) is 11.4 Å². The van der Waals surface area contributed by atoms with Gasteiger partial charge < -0.3 is 24.8 Å². The van der Waals surface area contributed by atoms with E-state index in [1.807, 2.05) is 84.9 Å². The number of anilines is 2. The molecule has 6 nitrogen and oxygen atoms in total. The fourth-order valence-electron chi connectivity index (χ4n) is 5.58. The van der Waals surface area contributed by atoms with Gasteiger partial charge in [-0.2, -0.15) is 0 Å². The van der Waals surface area contributed by atoms with Crippen molar-refractivity contribution in [1.29, 1.82) is 0 Å². The van der Waals surface area contributed by atoms with Crippen molar-refractivity contribution in [2.24, 2.45) is 0 Å². The van der Waals surface area contributed by atoms with Gasteiger partial charge in [-0.25, -0.2) is 0 Å². The van der Waals surface area contributed by atoms with Gasteiger partial charge >= 0.3 is 0 Å². The van der Waals surface area contributed by atoms with E-state index in [1.54, 1.807) is 14.2 Å². The number of carbonyl (C=O) groups is 1. The first-order valence-corrected chi connectivity index (χ1v) is 13.5. The van der Waals surface area contributed by atoms with Crippen LogP contribution in [0.5, 0.6) is 17.2 Å². The molecule has 40 heavy (non-hydrogen) atoms. The lowest BCUT2D eigenvalue weighted by molar-refractivity contribution is -0.116. The van der Waals surface area contributed by atoms with E-state index >= 15 is 0 Å². The van der Waals surface area contributed by atoms with Gasteiger partial charge in [0.25, 0.3) is 0 Å². The lowest BCUT2D eigenvalue weighted by Crippen LogP contribution is -2.26. The Morgan fingerprint density at radius 2 is 1.48 bits per heavy atom. The van der Waals surface area contributed by atoms with Crippen LogP contribution < -0.4 is 24.8 Å². The number of allylic oxidation sites excluding steroid dienone is 1. The summed E-state index contributed by atoms with van der Waals surface area (Å²) in [5.41, 5.74) is 6.74. The van der Waals surface area contributed by atoms with Crippen molar-refractivity contribution in [1.82, 2.24) is 0 Å². The number of ether oxygens (including phenoxy) is 3. The van der Waals surface area contributed by atoms with Gasteiger partial charge in [0.2, 0.25) is 0 Å². The molecule has 0 aromatic heterocycles. The lowest BCUT2D eigenvalue weighted by atomic mass is 9.78. The number of hydrogen-bond acceptors (Lipinski definition) is 6. The molecule has 2 aliphatic rings. The summed E-state index contributed by atoms with van der Waals surface area (Å²) in [5.74, 6) is 2.30. The number of methoxy groups -OCH3 is 2. The average molecular weight is 533 g/mol. The summed E-state index contributed by atoms with van der Waals surface area (Å²) >= 11 is 0. The molecule has 0 fully saturated rings. The van der Waals surface area contributed by atoms with E-state index in [2.05, 4.69) is 22.8 Å². The predicted octanol–water partition coefficient (Wildman–Crippen LogP) is 7.26. The minimum atomic E-state index is -0.347. The van der Waals surface area contributed by atoms with Gasteiger partial charge in [0, 0.05) is 17.7 Å². The van der Waals surface area contributed by atoms with E-state index in [9.17, 15) is 4.79 Å². The van der Waals surface area contributed by atoms with E-state index in [0.717, 1.165) is 51.5 Å². The number of benzene rings is 4. The number of nitrogens with one attached hydrogen (secondary N) is 2. The zero-order valence-electron chi connectivity index (χ0n) is 22.6. The predicted molar refractivity (Wildman–Crippen MR) is 157 cm³/mol. The monoisotopic (exact) mass is 532 g/mol. The number of Topliss-reactive ketones (excluding diaryl/α,β-unsaturated/α-hetero) is 1. The van der Waals surface area contributed by atoms with E-state index < -0.39 is 0 Å². The van der Waals surface area contributed by atoms with Crippen LogP contribution in [0.4, 0.5) is 11.4 Å². The van der Waals surface area contributed by atoms with Gasteiger partial charge in [0.05, 0.1) is 31.6 Å². The van der Waals surface area contributed by atoms with Crippen LogP contribution in [-0.4, -0.2) is 20.0 Å². The molecule has 202 valence electrons. The Kier molecular flexibility index (Phi) is 7.15. The van der Waals surface area contributed by atoms with Crippen molar-refractivity contribution in [3.05, 3.63) is 125 Å². The summed E-state index contributed by atoms with van der Waals surface area (Å²) < 4.78 is 17.2. The second kappa shape index (κ2) is 11.2. The fraction of sp³-hybridized carbons (Fsp3) is 0.206. The molecular formula is C34H32N2O4. The first-order valence-electron chi connectivity index (χ1n) is 13.5. The molecule has 0 spiro atoms. The Balaban J connectivity index is 1.38. The lowest BCUT2D eigenvalue weighted by Gasteiger charge is -2.30. The van der Waals surface area contributed by atoms with Gasteiger partial charge in [-0.3, -0.25) is 4.79 Å². The molecule has 1 aliphatic heterocycles. The number of fused-ring (bicyclic) bond motifs is 1. The summed E-state index contributed by atoms with van der Waals surface area (Å²) in [4.78, 5) is 13.9. The molecule has 2 atom stereocenters. The van der Waals surface area contributed by atoms with Crippen LogP contribution in [0.15, 0.2) is 108 Å². The Hall–Kier alpha value is -4.71. The number of para-hydroxylation sites is 2. The maximum atomic E-state index is 13.9. The number of hydrogen-bond donors (Lipinski definition) is 2. The van der Waals surface area contributed by atoms with E-state index in [4.69, 9.17) is 14.2 Å². The standard InChI is InChI=1S/C34H32N2O4/c1-38-26-15-12-23(13-16-26)25-18-29-33(30(37)19-25)34(36-28-11-7-6-10-27(28)35-29)24-14-17-31(39-2)32(20-24)40-21-22-8-4-3-5-9-22/h3-17,20,25,34-36H,18-19,21H2,1-2H3. The molecule has 0 radical (unpaired) electrons. The SMILES string of the molecule is COc1ccc(C2CC(=O)C3=C(C2)Nc2ccccc2NC3c2ccc(OC)c(OCc3ccccc3)c2)cc1. The zero-order valence-corrected chi connectivity index (χ0v) is 22.6. The largest absolute Gasteiger partial charge is 0.497 e. The molecule has 1 aliphatic carbocycles. The maximum Gasteiger partial charge on any atom is 0.163 e. The Morgan fingerprint density at radius 3 is 2.23 bits per heavy atom. The van der Waals surface area contributed by atoms with Crippen molar-refractivity contribution >= 4 is 17.2 Å². The third-order valence-electron chi connectivity index (χ3n) is 7.65. The third-order valence-corrected chi connectivity index (χ3v) is 7.65. The van der Waals surface area contributed by atoms with Crippen molar-refractivity contribution < 1.29 is 19.0 Å². The number of carbonyl (C=O) groups excluding carboxylic acids is 1. The highest BCUT2D eigenvalue weighted by atomic mass is 16.5. The highest BCUT2D eigenvalue weighted by Crippen LogP contribution is 2.45. The Labute approximate surface area is 234 Å². The third kappa shape index (κ3) is 5.13. The topological polar surface area (TPSA) is 68.8 Å². The number of rotatable bonds is 7. The second-order valence-electron chi connectivity index (χ2n) is 10.1. The molecule has 4 aromatic rings. The molecule has 0 saturated carbocycles. The molecule has 2 unspecified atom stereocenters. The van der Waals surface area contributed by atoms with Crippen LogP contribution in [0.25, 0.3) is 0 Å². The van der Waals surface area contributed by atoms with Crippen molar-refractivity contribution in [2.75, 3.05) is 24.9 Å². The summed E-state index contributed by atoms with van der Waals surface area (Å²) in [6, 6.07) is 31.7. The quantitative estimate of drug-likeness (QED) is 0.261. The van der Waals surface area contributed by atoms with Crippen LogP contribution in [0.3, 0.4) is 0 Å². The first-order chi connectivity index (χ1) is 19.6. The summed E-state index contributed by atoms with van der Waals surface area (Å²) in [7, 11) is 3.30. The molecule has 1 heterocycles. The second-order valence-corrected chi connectivity index (χ2v) is 10.1. The van der Waals surface area contributed by atoms with Gasteiger partial charge in [-0.1, -0.05) is 60.7 Å². The molecule has 0 saturated heterocycles. The molecule has 4 aromatic carbocycles. The van der Waals surface area contributed by atoms with Gasteiger partial charge in [0.15, 0.2) is 17.3 Å². The zero-order chi connectivity index (χ0) is 27.5. The van der Waals surface area contributed by atoms with Crippen LogP contribution >= 0.6 is 0 Å². The van der Waals surface area contributed by atoms with E-state index in [1.165, 1.54) is 0 Å². The van der Waals surface area contributed by atoms with Gasteiger partial charge in [0.1, 0.15) is 12.4 Å². The molecule has 0 amide bonds. The maximum absolute atomic E-state index is 13.9. The Bertz CT molecular complexity index is 1550. The molecule has 6 rings (SSSR count). The average Bonchev–Trinajstić information content (AvgIpc) is 3.17. The van der Waals surface area contributed by atoms with E-state index in [0.29, 0.717) is 24.5 Å². The smallest absolute Gasteiger partial charge is 0.163 e. The van der Waals surface area contributed by atoms with Crippen molar-refractivity contribution in [2.45, 2.75) is 31.4 Å². The first kappa shape index (κ1) is 25.6. The van der Waals surface area contributed by atoms with Crippen LogP contribution in [0.1, 0.15) is 41.5 Å². The normalized spacial score (nSPS) is 18.0. The van der Waals surface area contributed by atoms with Crippen molar-refractivity contribution in [3.63, 3.8) is 0 Å². The highest BCUT2D eigenvalue weighted by molar-refractivity contribution is 6.01. The minimum Gasteiger partial charge on any atom is -0.497 e. The fourth-order valence-corrected chi connectivity index (χ4v) is 5.58. The number of ketones is 1. The van der Waals surface area contributed by atoms with Gasteiger partial charge in [-0.05, 0) is 65.4 Å². The van der Waals surface area contributed by atoms with Crippen LogP contribution in [0, 0.1) is 0 Å². The summed E-state index contributed by atoms with van der Waals surface area (Å²) in [6.45, 7) is 0.416. The summed E-state index contributed by atoms with van der Waals surface area (Å²) in [6.07, 6.45) is 1.17.